The van der Waals surface area contributed by atoms with E-state index < -0.39 is 0 Å². The minimum absolute atomic E-state index is 0.00109. The fraction of sp³-hybridized carbons (Fsp3) is 0.148. The second-order valence-electron chi connectivity index (χ2n) is 18.0. The number of para-hydroxylation sites is 4. The van der Waals surface area contributed by atoms with E-state index in [0.29, 0.717) is 0 Å². The van der Waals surface area contributed by atoms with Gasteiger partial charge in [-0.05, 0) is 87.3 Å². The number of benzene rings is 8. The fourth-order valence-electron chi connectivity index (χ4n) is 9.20. The van der Waals surface area contributed by atoms with Crippen LogP contribution < -0.4 is 0 Å². The highest BCUT2D eigenvalue weighted by molar-refractivity contribution is 6.23. The normalized spacial score (nSPS) is 12.7. The van der Waals surface area contributed by atoms with Gasteiger partial charge in [-0.2, -0.15) is 0 Å². The smallest absolute Gasteiger partial charge is 0.0979 e. The Morgan fingerprint density at radius 1 is 0.379 bits per heavy atom. The molecule has 58 heavy (non-hydrogen) atoms. The van der Waals surface area contributed by atoms with Gasteiger partial charge in [0, 0.05) is 49.3 Å². The van der Waals surface area contributed by atoms with Gasteiger partial charge >= 0.3 is 0 Å². The van der Waals surface area contributed by atoms with E-state index in [-0.39, 0.29) is 10.8 Å². The number of hydrogen-bond acceptors (Lipinski definition) is 2. The Bertz CT molecular complexity index is 3240. The first-order valence-corrected chi connectivity index (χ1v) is 20.3. The van der Waals surface area contributed by atoms with Gasteiger partial charge in [-0.1, -0.05) is 139 Å². The maximum Gasteiger partial charge on any atom is 0.0979 e. The van der Waals surface area contributed by atoms with Gasteiger partial charge < -0.3 is 9.13 Å². The van der Waals surface area contributed by atoms with Crippen LogP contribution in [0.4, 0.5) is 0 Å². The van der Waals surface area contributed by atoms with Gasteiger partial charge in [-0.15, -0.1) is 0 Å². The molecule has 0 N–H and O–H groups in total. The van der Waals surface area contributed by atoms with Crippen LogP contribution in [0.25, 0.3) is 98.8 Å². The number of rotatable bonds is 3. The molecule has 11 aromatic rings. The lowest BCUT2D eigenvalue weighted by Crippen LogP contribution is -2.11. The first-order chi connectivity index (χ1) is 28.0. The van der Waals surface area contributed by atoms with Crippen LogP contribution in [0.15, 0.2) is 158 Å². The van der Waals surface area contributed by atoms with Gasteiger partial charge in [0.1, 0.15) is 0 Å². The van der Waals surface area contributed by atoms with E-state index in [4.69, 9.17) is 9.97 Å². The number of fused-ring (bicyclic) bond motifs is 12. The second kappa shape index (κ2) is 12.4. The van der Waals surface area contributed by atoms with Gasteiger partial charge in [0.05, 0.1) is 45.0 Å². The predicted octanol–water partition coefficient (Wildman–Crippen LogP) is 14.4. The summed E-state index contributed by atoms with van der Waals surface area (Å²) >= 11 is 0. The largest absolute Gasteiger partial charge is 0.309 e. The Labute approximate surface area is 338 Å². The molecule has 0 saturated carbocycles. The zero-order chi connectivity index (χ0) is 39.5. The van der Waals surface area contributed by atoms with Crippen molar-refractivity contribution in [2.45, 2.75) is 52.4 Å². The maximum absolute atomic E-state index is 5.60. The summed E-state index contributed by atoms with van der Waals surface area (Å²) in [5.74, 6) is 0. The molecule has 4 nitrogen and oxygen atoms in total. The lowest BCUT2D eigenvalue weighted by Gasteiger charge is -2.22. The lowest BCUT2D eigenvalue weighted by molar-refractivity contribution is 0.590. The summed E-state index contributed by atoms with van der Waals surface area (Å²) in [6.45, 7) is 13.7. The average Bonchev–Trinajstić information content (AvgIpc) is 3.75. The molecule has 3 aromatic heterocycles. The quantitative estimate of drug-likeness (QED) is 0.169. The molecule has 0 unspecified atom stereocenters. The zero-order valence-corrected chi connectivity index (χ0v) is 33.8. The molecule has 0 amide bonds. The van der Waals surface area contributed by atoms with E-state index in [2.05, 4.69) is 202 Å². The number of hydrogen-bond donors (Lipinski definition) is 0. The third-order valence-corrected chi connectivity index (χ3v) is 12.2. The van der Waals surface area contributed by atoms with Crippen LogP contribution in [0, 0.1) is 0 Å². The second-order valence-corrected chi connectivity index (χ2v) is 18.0. The van der Waals surface area contributed by atoms with E-state index in [1.54, 1.807) is 0 Å². The molecule has 0 radical (unpaired) electrons. The minimum Gasteiger partial charge on any atom is -0.309 e. The van der Waals surface area contributed by atoms with Gasteiger partial charge in [0.2, 0.25) is 0 Å². The Morgan fingerprint density at radius 3 is 1.19 bits per heavy atom. The van der Waals surface area contributed by atoms with E-state index in [0.717, 1.165) is 44.4 Å². The van der Waals surface area contributed by atoms with Gasteiger partial charge in [-0.3, -0.25) is 4.98 Å². The maximum atomic E-state index is 5.60. The third kappa shape index (κ3) is 5.21. The average molecular weight is 749 g/mol. The van der Waals surface area contributed by atoms with Crippen LogP contribution in [0.2, 0.25) is 0 Å². The van der Waals surface area contributed by atoms with Crippen molar-refractivity contribution in [1.29, 1.82) is 0 Å². The predicted molar refractivity (Wildman–Crippen MR) is 246 cm³/mol. The van der Waals surface area contributed by atoms with E-state index in [1.807, 2.05) is 6.20 Å². The Kier molecular flexibility index (Phi) is 7.34. The van der Waals surface area contributed by atoms with Crippen LogP contribution >= 0.6 is 0 Å². The standard InChI is InChI=1S/C54H44N4/c1-53(2,3)34-23-25-42-44(29-34)45-30-35(54(4,5)6)24-26-43(45)52-51(42)55-32-46(56-52)33-27-36(57-47-19-11-7-15-38(47)39-16-8-12-20-48(39)57)31-37(28-33)58-49-21-13-9-17-40(49)41-18-10-14-22-50(41)58/h7-32H,1-6H3. The molecule has 0 bridgehead atoms. The molecule has 0 aliphatic carbocycles. The van der Waals surface area contributed by atoms with E-state index in [9.17, 15) is 0 Å². The molecule has 0 atom stereocenters. The fourth-order valence-corrected chi connectivity index (χ4v) is 9.20. The summed E-state index contributed by atoms with van der Waals surface area (Å²) in [6.07, 6.45) is 1.98. The highest BCUT2D eigenvalue weighted by Gasteiger charge is 2.22. The monoisotopic (exact) mass is 748 g/mol. The van der Waals surface area contributed by atoms with Crippen molar-refractivity contribution in [3.63, 3.8) is 0 Å². The molecule has 11 rings (SSSR count). The summed E-state index contributed by atoms with van der Waals surface area (Å²) in [6, 6.07) is 55.7. The lowest BCUT2D eigenvalue weighted by atomic mass is 9.83. The third-order valence-electron chi connectivity index (χ3n) is 12.2. The van der Waals surface area contributed by atoms with Crippen LogP contribution in [0.3, 0.4) is 0 Å². The van der Waals surface area contributed by atoms with Crippen molar-refractivity contribution in [2.75, 3.05) is 0 Å². The molecule has 0 spiro atoms. The summed E-state index contributed by atoms with van der Waals surface area (Å²) in [4.78, 5) is 10.9. The van der Waals surface area contributed by atoms with Crippen LogP contribution in [-0.4, -0.2) is 19.1 Å². The molecule has 3 heterocycles. The van der Waals surface area contributed by atoms with Crippen molar-refractivity contribution in [1.82, 2.24) is 19.1 Å². The van der Waals surface area contributed by atoms with E-state index in [1.165, 1.54) is 65.5 Å². The molecular formula is C54H44N4. The molecule has 0 aliphatic heterocycles. The molecule has 0 aliphatic rings. The highest BCUT2D eigenvalue weighted by Crippen LogP contribution is 2.41. The molecule has 4 heteroatoms. The highest BCUT2D eigenvalue weighted by atomic mass is 15.0. The number of nitrogens with zero attached hydrogens (tertiary/aromatic N) is 4. The van der Waals surface area contributed by atoms with Gasteiger partial charge in [0.15, 0.2) is 0 Å². The van der Waals surface area contributed by atoms with Crippen molar-refractivity contribution in [3.05, 3.63) is 169 Å². The molecule has 280 valence electrons. The number of aromatic nitrogens is 4. The Balaban J connectivity index is 1.23. The van der Waals surface area contributed by atoms with Gasteiger partial charge in [0.25, 0.3) is 0 Å². The summed E-state index contributed by atoms with van der Waals surface area (Å²) in [7, 11) is 0. The Hall–Kier alpha value is -6.78. The molecular weight excluding hydrogens is 705 g/mol. The summed E-state index contributed by atoms with van der Waals surface area (Å²) in [5, 5.41) is 9.63. The van der Waals surface area contributed by atoms with Crippen LogP contribution in [0.1, 0.15) is 52.7 Å². The van der Waals surface area contributed by atoms with Gasteiger partial charge in [-0.25, -0.2) is 4.98 Å². The van der Waals surface area contributed by atoms with Crippen molar-refractivity contribution >= 4 is 76.2 Å². The van der Waals surface area contributed by atoms with Crippen molar-refractivity contribution in [2.24, 2.45) is 0 Å². The van der Waals surface area contributed by atoms with Crippen molar-refractivity contribution in [3.8, 4) is 22.6 Å². The van der Waals surface area contributed by atoms with E-state index >= 15 is 0 Å². The molecule has 8 aromatic carbocycles. The van der Waals surface area contributed by atoms with Crippen LogP contribution in [-0.2, 0) is 10.8 Å². The summed E-state index contributed by atoms with van der Waals surface area (Å²) < 4.78 is 4.81. The first kappa shape index (κ1) is 34.5. The van der Waals surface area contributed by atoms with Crippen molar-refractivity contribution < 1.29 is 0 Å². The topological polar surface area (TPSA) is 35.6 Å². The first-order valence-electron chi connectivity index (χ1n) is 20.3. The minimum atomic E-state index is 0.00109. The molecule has 0 fully saturated rings. The Morgan fingerprint density at radius 2 is 0.776 bits per heavy atom. The SMILES string of the molecule is CC(C)(C)c1ccc2c(c1)c1cc(C(C)(C)C)ccc1c1nc(-c3cc(-n4c5ccccc5c5ccccc54)cc(-n4c5ccccc5c5ccccc54)c3)cnc21. The zero-order valence-electron chi connectivity index (χ0n) is 33.8. The van der Waals surface area contributed by atoms with Crippen LogP contribution in [0.5, 0.6) is 0 Å². The molecule has 0 saturated heterocycles. The summed E-state index contributed by atoms with van der Waals surface area (Å²) in [5.41, 5.74) is 13.1.